The highest BCUT2D eigenvalue weighted by atomic mass is 35.5. The molecular formula is C22H18ClFN2O4. The molecule has 1 aromatic heterocycles. The summed E-state index contributed by atoms with van der Waals surface area (Å²) in [4.78, 5) is 13.0. The normalized spacial score (nSPS) is 15.8. The first-order chi connectivity index (χ1) is 14.5. The maximum absolute atomic E-state index is 13.7. The Balaban J connectivity index is 1.74. The minimum atomic E-state index is -0.525. The predicted molar refractivity (Wildman–Crippen MR) is 110 cm³/mol. The second-order valence-electron chi connectivity index (χ2n) is 6.64. The number of ether oxygens (including phenoxy) is 2. The topological polar surface area (TPSA) is 64.3 Å². The number of hydrogen-bond donors (Lipinski definition) is 0. The SMILES string of the molecule is COc1ccc(C2=NN(C(=O)c3ccco3)C(c3ccc(F)c(Cl)c3)C2)cc1OC. The lowest BCUT2D eigenvalue weighted by Gasteiger charge is -2.21. The zero-order chi connectivity index (χ0) is 21.3. The molecule has 0 N–H and O–H groups in total. The molecule has 1 unspecified atom stereocenters. The summed E-state index contributed by atoms with van der Waals surface area (Å²) in [5.74, 6) is 0.370. The molecule has 0 aliphatic carbocycles. The summed E-state index contributed by atoms with van der Waals surface area (Å²) >= 11 is 5.98. The number of benzene rings is 2. The van der Waals surface area contributed by atoms with E-state index in [1.54, 1.807) is 44.6 Å². The molecule has 1 atom stereocenters. The third-order valence-electron chi connectivity index (χ3n) is 4.90. The molecule has 1 aliphatic heterocycles. The van der Waals surface area contributed by atoms with Crippen LogP contribution >= 0.6 is 11.6 Å². The van der Waals surface area contributed by atoms with E-state index in [9.17, 15) is 9.18 Å². The molecule has 4 rings (SSSR count). The van der Waals surface area contributed by atoms with Gasteiger partial charge in [0.15, 0.2) is 17.3 Å². The van der Waals surface area contributed by atoms with Gasteiger partial charge in [-0.05, 0) is 48.0 Å². The molecule has 0 radical (unpaired) electrons. The van der Waals surface area contributed by atoms with E-state index in [1.165, 1.54) is 23.4 Å². The maximum Gasteiger partial charge on any atom is 0.310 e. The Morgan fingerprint density at radius 2 is 1.97 bits per heavy atom. The van der Waals surface area contributed by atoms with Crippen LogP contribution in [-0.4, -0.2) is 30.8 Å². The molecule has 2 aromatic carbocycles. The van der Waals surface area contributed by atoms with Gasteiger partial charge in [-0.15, -0.1) is 0 Å². The van der Waals surface area contributed by atoms with E-state index in [-0.39, 0.29) is 10.8 Å². The standard InChI is InChI=1S/C22H18ClFN2O4/c1-28-19-8-6-13(11-21(19)29-2)17-12-18(14-5-7-16(24)15(23)10-14)26(25-17)22(27)20-4-3-9-30-20/h3-11,18H,12H2,1-2H3. The number of amides is 1. The fraction of sp³-hybridized carbons (Fsp3) is 0.182. The quantitative estimate of drug-likeness (QED) is 0.568. The van der Waals surface area contributed by atoms with Gasteiger partial charge in [-0.2, -0.15) is 5.10 Å². The molecule has 1 aliphatic rings. The van der Waals surface area contributed by atoms with E-state index in [0.29, 0.717) is 29.2 Å². The number of carbonyl (C=O) groups excluding carboxylic acids is 1. The molecular weight excluding hydrogens is 411 g/mol. The molecule has 3 aromatic rings. The first-order valence-corrected chi connectivity index (χ1v) is 9.51. The summed E-state index contributed by atoms with van der Waals surface area (Å²) in [6, 6.07) is 12.5. The van der Waals surface area contributed by atoms with Gasteiger partial charge in [0, 0.05) is 12.0 Å². The number of furan rings is 1. The Labute approximate surface area is 177 Å². The van der Waals surface area contributed by atoms with Crippen LogP contribution in [0, 0.1) is 5.82 Å². The van der Waals surface area contributed by atoms with Gasteiger partial charge in [0.05, 0.1) is 37.3 Å². The van der Waals surface area contributed by atoms with Crippen LogP contribution in [0.1, 0.15) is 34.1 Å². The highest BCUT2D eigenvalue weighted by molar-refractivity contribution is 6.30. The first-order valence-electron chi connectivity index (χ1n) is 9.13. The Kier molecular flexibility index (Phi) is 5.46. The van der Waals surface area contributed by atoms with Crippen LogP contribution < -0.4 is 9.47 Å². The third kappa shape index (κ3) is 3.64. The first kappa shape index (κ1) is 20.0. The van der Waals surface area contributed by atoms with Crippen LogP contribution in [0.15, 0.2) is 64.3 Å². The van der Waals surface area contributed by atoms with E-state index >= 15 is 0 Å². The van der Waals surface area contributed by atoms with Crippen molar-refractivity contribution < 1.29 is 23.1 Å². The lowest BCUT2D eigenvalue weighted by atomic mass is 9.98. The molecule has 1 amide bonds. The number of nitrogens with zero attached hydrogens (tertiary/aromatic N) is 2. The number of hydrogen-bond acceptors (Lipinski definition) is 5. The van der Waals surface area contributed by atoms with Crippen molar-refractivity contribution in [1.29, 1.82) is 0 Å². The molecule has 0 bridgehead atoms. The van der Waals surface area contributed by atoms with E-state index in [4.69, 9.17) is 25.5 Å². The van der Waals surface area contributed by atoms with Crippen molar-refractivity contribution in [3.63, 3.8) is 0 Å². The zero-order valence-corrected chi connectivity index (χ0v) is 17.0. The average molecular weight is 429 g/mol. The van der Waals surface area contributed by atoms with Crippen LogP contribution in [0.5, 0.6) is 11.5 Å². The van der Waals surface area contributed by atoms with E-state index in [1.807, 2.05) is 6.07 Å². The highest BCUT2D eigenvalue weighted by Gasteiger charge is 2.35. The number of methoxy groups -OCH3 is 2. The number of rotatable bonds is 5. The summed E-state index contributed by atoms with van der Waals surface area (Å²) in [5, 5.41) is 5.89. The fourth-order valence-electron chi connectivity index (χ4n) is 3.38. The van der Waals surface area contributed by atoms with Gasteiger partial charge in [0.25, 0.3) is 0 Å². The second kappa shape index (κ2) is 8.20. The van der Waals surface area contributed by atoms with Gasteiger partial charge in [-0.3, -0.25) is 4.79 Å². The van der Waals surface area contributed by atoms with Gasteiger partial charge in [-0.25, -0.2) is 9.40 Å². The van der Waals surface area contributed by atoms with Crippen LogP contribution in [-0.2, 0) is 0 Å². The molecule has 154 valence electrons. The molecule has 0 saturated carbocycles. The number of hydrazone groups is 1. The van der Waals surface area contributed by atoms with Crippen LogP contribution in [0.3, 0.4) is 0 Å². The van der Waals surface area contributed by atoms with Crippen molar-refractivity contribution in [1.82, 2.24) is 5.01 Å². The van der Waals surface area contributed by atoms with Gasteiger partial charge >= 0.3 is 5.91 Å². The van der Waals surface area contributed by atoms with Crippen molar-refractivity contribution in [2.45, 2.75) is 12.5 Å². The fourth-order valence-corrected chi connectivity index (χ4v) is 3.57. The van der Waals surface area contributed by atoms with E-state index in [0.717, 1.165) is 5.56 Å². The molecule has 8 heteroatoms. The smallest absolute Gasteiger partial charge is 0.310 e. The summed E-state index contributed by atoms with van der Waals surface area (Å²) in [7, 11) is 3.11. The molecule has 0 saturated heterocycles. The van der Waals surface area contributed by atoms with Gasteiger partial charge < -0.3 is 13.9 Å². The summed E-state index contributed by atoms with van der Waals surface area (Å²) in [5.41, 5.74) is 2.11. The predicted octanol–water partition coefficient (Wildman–Crippen LogP) is 5.08. The number of halogens is 2. The van der Waals surface area contributed by atoms with Crippen molar-refractivity contribution in [2.24, 2.45) is 5.10 Å². The lowest BCUT2D eigenvalue weighted by Crippen LogP contribution is -2.26. The number of carbonyl (C=O) groups is 1. The van der Waals surface area contributed by atoms with E-state index < -0.39 is 17.8 Å². The van der Waals surface area contributed by atoms with E-state index in [2.05, 4.69) is 5.10 Å². The van der Waals surface area contributed by atoms with Crippen molar-refractivity contribution in [2.75, 3.05) is 14.2 Å². The minimum absolute atomic E-state index is 0.0162. The van der Waals surface area contributed by atoms with Crippen LogP contribution in [0.4, 0.5) is 4.39 Å². The van der Waals surface area contributed by atoms with Gasteiger partial charge in [-0.1, -0.05) is 17.7 Å². The minimum Gasteiger partial charge on any atom is -0.493 e. The van der Waals surface area contributed by atoms with Crippen LogP contribution in [0.2, 0.25) is 5.02 Å². The molecule has 6 nitrogen and oxygen atoms in total. The maximum atomic E-state index is 13.7. The summed E-state index contributed by atoms with van der Waals surface area (Å²) < 4.78 is 29.6. The van der Waals surface area contributed by atoms with Crippen molar-refractivity contribution in [3.8, 4) is 11.5 Å². The third-order valence-corrected chi connectivity index (χ3v) is 5.19. The van der Waals surface area contributed by atoms with Crippen molar-refractivity contribution >= 4 is 23.2 Å². The summed E-state index contributed by atoms with van der Waals surface area (Å²) in [6.45, 7) is 0. The van der Waals surface area contributed by atoms with Crippen molar-refractivity contribution in [3.05, 3.63) is 82.5 Å². The summed E-state index contributed by atoms with van der Waals surface area (Å²) in [6.07, 6.45) is 1.83. The second-order valence-corrected chi connectivity index (χ2v) is 7.04. The molecule has 30 heavy (non-hydrogen) atoms. The Bertz CT molecular complexity index is 1110. The largest absolute Gasteiger partial charge is 0.493 e. The molecule has 2 heterocycles. The lowest BCUT2D eigenvalue weighted by molar-refractivity contribution is 0.0678. The van der Waals surface area contributed by atoms with Gasteiger partial charge in [0.1, 0.15) is 5.82 Å². The Hall–Kier alpha value is -3.32. The molecule has 0 fully saturated rings. The zero-order valence-electron chi connectivity index (χ0n) is 16.3. The Morgan fingerprint density at radius 1 is 1.17 bits per heavy atom. The molecule has 0 spiro atoms. The average Bonchev–Trinajstić information content (AvgIpc) is 3.45. The van der Waals surface area contributed by atoms with Gasteiger partial charge in [0.2, 0.25) is 0 Å². The highest BCUT2D eigenvalue weighted by Crippen LogP contribution is 2.37. The van der Waals surface area contributed by atoms with Crippen LogP contribution in [0.25, 0.3) is 0 Å². The Morgan fingerprint density at radius 3 is 2.63 bits per heavy atom. The monoisotopic (exact) mass is 428 g/mol.